The summed E-state index contributed by atoms with van der Waals surface area (Å²) in [5.41, 5.74) is 0.767. The van der Waals surface area contributed by atoms with E-state index in [1.54, 1.807) is 12.4 Å². The fourth-order valence-corrected chi connectivity index (χ4v) is 4.02. The molecule has 0 aliphatic carbocycles. The molecule has 3 aliphatic heterocycles. The van der Waals surface area contributed by atoms with Crippen LogP contribution in [0.3, 0.4) is 0 Å². The average molecular weight is 371 g/mol. The van der Waals surface area contributed by atoms with Gasteiger partial charge < -0.3 is 20.0 Å². The van der Waals surface area contributed by atoms with Gasteiger partial charge in [0.15, 0.2) is 5.60 Å². The van der Waals surface area contributed by atoms with Crippen molar-refractivity contribution in [2.45, 2.75) is 44.2 Å². The van der Waals surface area contributed by atoms with Gasteiger partial charge in [-0.1, -0.05) is 11.2 Å². The van der Waals surface area contributed by atoms with Crippen LogP contribution in [-0.2, 0) is 16.2 Å². The first-order valence-corrected chi connectivity index (χ1v) is 9.61. The summed E-state index contributed by atoms with van der Waals surface area (Å²) in [7, 11) is 0. The van der Waals surface area contributed by atoms with Crippen LogP contribution in [0.1, 0.15) is 37.7 Å². The van der Waals surface area contributed by atoms with Crippen LogP contribution in [0.5, 0.6) is 0 Å². The number of nitrogens with zero attached hydrogens (tertiary/aromatic N) is 4. The molecule has 8 nitrogen and oxygen atoms in total. The number of hydrogen-bond acceptors (Lipinski definition) is 5. The van der Waals surface area contributed by atoms with Crippen LogP contribution in [0.25, 0.3) is 0 Å². The summed E-state index contributed by atoms with van der Waals surface area (Å²) >= 11 is 0. The monoisotopic (exact) mass is 371 g/mol. The van der Waals surface area contributed by atoms with Crippen molar-refractivity contribution < 1.29 is 14.4 Å². The van der Waals surface area contributed by atoms with Gasteiger partial charge in [0.2, 0.25) is 0 Å². The number of oxime groups is 1. The molecule has 8 heteroatoms. The van der Waals surface area contributed by atoms with Crippen LogP contribution in [0.2, 0.25) is 0 Å². The Kier molecular flexibility index (Phi) is 4.96. The minimum atomic E-state index is -0.561. The van der Waals surface area contributed by atoms with Crippen molar-refractivity contribution in [3.05, 3.63) is 30.1 Å². The quantitative estimate of drug-likeness (QED) is 0.873. The number of carbonyl (C=O) groups excluding carboxylic acids is 2. The van der Waals surface area contributed by atoms with E-state index in [2.05, 4.69) is 15.5 Å². The zero-order valence-corrected chi connectivity index (χ0v) is 15.4. The second-order valence-electron chi connectivity index (χ2n) is 7.53. The highest BCUT2D eigenvalue weighted by atomic mass is 16.7. The lowest BCUT2D eigenvalue weighted by Crippen LogP contribution is -2.54. The normalized spacial score (nSPS) is 24.7. The minimum absolute atomic E-state index is 0.0876. The van der Waals surface area contributed by atoms with Gasteiger partial charge in [-0.25, -0.2) is 4.79 Å². The molecule has 27 heavy (non-hydrogen) atoms. The first-order chi connectivity index (χ1) is 13.2. The summed E-state index contributed by atoms with van der Waals surface area (Å²) in [5.74, 6) is -0.223. The van der Waals surface area contributed by atoms with Crippen molar-refractivity contribution >= 4 is 17.6 Å². The van der Waals surface area contributed by atoms with E-state index in [1.165, 1.54) is 0 Å². The largest absolute Gasteiger partial charge is 0.386 e. The molecule has 144 valence electrons. The van der Waals surface area contributed by atoms with Gasteiger partial charge in [-0.15, -0.1) is 0 Å². The van der Waals surface area contributed by atoms with E-state index in [4.69, 9.17) is 4.84 Å². The number of pyridine rings is 1. The van der Waals surface area contributed by atoms with Crippen LogP contribution in [-0.4, -0.2) is 64.2 Å². The molecule has 1 aromatic heterocycles. The molecular weight excluding hydrogens is 346 g/mol. The van der Waals surface area contributed by atoms with Gasteiger partial charge in [0, 0.05) is 45.0 Å². The highest BCUT2D eigenvalue weighted by Crippen LogP contribution is 2.34. The Morgan fingerprint density at radius 2 is 2.00 bits per heavy atom. The second-order valence-corrected chi connectivity index (χ2v) is 7.53. The van der Waals surface area contributed by atoms with Gasteiger partial charge >= 0.3 is 6.03 Å². The number of carbonyl (C=O) groups is 2. The van der Waals surface area contributed by atoms with E-state index in [9.17, 15) is 9.59 Å². The van der Waals surface area contributed by atoms with Crippen LogP contribution < -0.4 is 5.32 Å². The zero-order valence-electron chi connectivity index (χ0n) is 15.4. The molecule has 3 aliphatic rings. The summed E-state index contributed by atoms with van der Waals surface area (Å²) in [6.45, 7) is 3.30. The summed E-state index contributed by atoms with van der Waals surface area (Å²) in [5, 5.41) is 6.92. The molecular formula is C19H25N5O3. The van der Waals surface area contributed by atoms with E-state index in [1.807, 2.05) is 21.9 Å². The number of urea groups is 1. The molecule has 4 rings (SSSR count). The van der Waals surface area contributed by atoms with E-state index < -0.39 is 5.60 Å². The third-order valence-electron chi connectivity index (χ3n) is 5.46. The molecule has 2 fully saturated rings. The predicted octanol–water partition coefficient (Wildman–Crippen LogP) is 1.52. The number of likely N-dealkylation sites (tertiary alicyclic amines) is 2. The van der Waals surface area contributed by atoms with Gasteiger partial charge in [-0.3, -0.25) is 9.78 Å². The number of amides is 3. The van der Waals surface area contributed by atoms with Crippen molar-refractivity contribution in [2.75, 3.05) is 26.2 Å². The van der Waals surface area contributed by atoms with Gasteiger partial charge in [0.05, 0.1) is 6.54 Å². The third kappa shape index (κ3) is 3.89. The lowest BCUT2D eigenvalue weighted by molar-refractivity contribution is -0.115. The highest BCUT2D eigenvalue weighted by Gasteiger charge is 2.46. The van der Waals surface area contributed by atoms with Gasteiger partial charge in [-0.2, -0.15) is 0 Å². The number of rotatable bonds is 3. The molecule has 1 N–H and O–H groups in total. The average Bonchev–Trinajstić information content (AvgIpc) is 3.37. The van der Waals surface area contributed by atoms with Gasteiger partial charge in [0.1, 0.15) is 5.71 Å². The van der Waals surface area contributed by atoms with Crippen LogP contribution >= 0.6 is 0 Å². The number of nitrogens with one attached hydrogen (secondary N) is 1. The Labute approximate surface area is 158 Å². The molecule has 1 unspecified atom stereocenters. The Hall–Kier alpha value is -2.64. The molecule has 0 bridgehead atoms. The summed E-state index contributed by atoms with van der Waals surface area (Å²) in [4.78, 5) is 38.7. The number of hydrogen-bond donors (Lipinski definition) is 1. The molecule has 2 saturated heterocycles. The molecule has 1 atom stereocenters. The first kappa shape index (κ1) is 17.8. The van der Waals surface area contributed by atoms with E-state index >= 15 is 0 Å². The maximum absolute atomic E-state index is 12.7. The van der Waals surface area contributed by atoms with E-state index in [0.717, 1.165) is 50.9 Å². The predicted molar refractivity (Wildman–Crippen MR) is 99.0 cm³/mol. The lowest BCUT2D eigenvalue weighted by Gasteiger charge is -2.39. The Morgan fingerprint density at radius 1 is 1.19 bits per heavy atom. The van der Waals surface area contributed by atoms with Crippen molar-refractivity contribution in [3.8, 4) is 0 Å². The molecule has 4 heterocycles. The van der Waals surface area contributed by atoms with Crippen LogP contribution in [0, 0.1) is 0 Å². The van der Waals surface area contributed by atoms with Crippen LogP contribution in [0.4, 0.5) is 4.79 Å². The molecule has 0 aromatic carbocycles. The zero-order chi connectivity index (χ0) is 18.7. The molecule has 1 spiro atoms. The maximum atomic E-state index is 12.7. The smallest absolute Gasteiger partial charge is 0.320 e. The Bertz CT molecular complexity index is 732. The van der Waals surface area contributed by atoms with Gasteiger partial charge in [-0.05, 0) is 37.3 Å². The highest BCUT2D eigenvalue weighted by molar-refractivity contribution is 6.39. The molecule has 1 aromatic rings. The van der Waals surface area contributed by atoms with Crippen molar-refractivity contribution in [3.63, 3.8) is 0 Å². The molecule has 3 amide bonds. The Balaban J connectivity index is 1.32. The van der Waals surface area contributed by atoms with Crippen molar-refractivity contribution in [2.24, 2.45) is 5.16 Å². The van der Waals surface area contributed by atoms with Gasteiger partial charge in [0.25, 0.3) is 5.91 Å². The maximum Gasteiger partial charge on any atom is 0.320 e. The minimum Gasteiger partial charge on any atom is -0.386 e. The van der Waals surface area contributed by atoms with Crippen LogP contribution in [0.15, 0.2) is 29.7 Å². The third-order valence-corrected chi connectivity index (χ3v) is 5.46. The van der Waals surface area contributed by atoms with Crippen molar-refractivity contribution in [1.82, 2.24) is 20.1 Å². The molecule has 0 saturated carbocycles. The standard InChI is InChI=1S/C19H25N5O3/c25-17(21-13-15-5-3-7-20-12-15)16-11-19(27-22-16)6-4-10-24(14-19)18(26)23-8-1-2-9-23/h3,5,7,12H,1-2,4,6,8-11,13-14H2,(H,21,25). The SMILES string of the molecule is O=C(NCc1cccnc1)C1=NOC2(CCCN(C(=O)N3CCCC3)C2)C1. The lowest BCUT2D eigenvalue weighted by atomic mass is 9.88. The molecule has 0 radical (unpaired) electrons. The fourth-order valence-electron chi connectivity index (χ4n) is 4.02. The number of aromatic nitrogens is 1. The Morgan fingerprint density at radius 3 is 2.78 bits per heavy atom. The summed E-state index contributed by atoms with van der Waals surface area (Å²) in [6, 6.07) is 3.83. The summed E-state index contributed by atoms with van der Waals surface area (Å²) < 4.78 is 0. The number of piperidine rings is 1. The fraction of sp³-hybridized carbons (Fsp3) is 0.579. The first-order valence-electron chi connectivity index (χ1n) is 9.61. The summed E-state index contributed by atoms with van der Waals surface area (Å²) in [6.07, 6.45) is 7.67. The van der Waals surface area contributed by atoms with E-state index in [-0.39, 0.29) is 11.9 Å². The van der Waals surface area contributed by atoms with Crippen molar-refractivity contribution in [1.29, 1.82) is 0 Å². The second kappa shape index (κ2) is 7.54. The van der Waals surface area contributed by atoms with E-state index in [0.29, 0.717) is 25.2 Å². The topological polar surface area (TPSA) is 87.1 Å².